The van der Waals surface area contributed by atoms with E-state index < -0.39 is 0 Å². The van der Waals surface area contributed by atoms with Gasteiger partial charge in [-0.25, -0.2) is 0 Å². The number of ether oxygens (including phenoxy) is 1. The molecule has 4 nitrogen and oxygen atoms in total. The predicted molar refractivity (Wildman–Crippen MR) is 86.8 cm³/mol. The van der Waals surface area contributed by atoms with Crippen LogP contribution in [0.25, 0.3) is 0 Å². The van der Waals surface area contributed by atoms with Crippen molar-refractivity contribution in [2.75, 3.05) is 18.6 Å². The molecule has 0 saturated carbocycles. The Bertz CT molecular complexity index is 618. The Morgan fingerprint density at radius 2 is 2.24 bits per heavy atom. The van der Waals surface area contributed by atoms with Crippen molar-refractivity contribution in [2.45, 2.75) is 19.9 Å². The fraction of sp³-hybridized carbons (Fsp3) is 0.353. The zero-order valence-corrected chi connectivity index (χ0v) is 13.2. The topological polar surface area (TPSA) is 30.3 Å². The monoisotopic (exact) mass is 285 g/mol. The number of benzene rings is 1. The van der Waals surface area contributed by atoms with Crippen molar-refractivity contribution in [3.63, 3.8) is 0 Å². The lowest BCUT2D eigenvalue weighted by atomic mass is 10.1. The molecule has 2 aromatic rings. The van der Waals surface area contributed by atoms with Gasteiger partial charge in [-0.3, -0.25) is 4.68 Å². The smallest absolute Gasteiger partial charge is 0.119 e. The molecule has 0 bridgehead atoms. The molecule has 0 fully saturated rings. The lowest BCUT2D eigenvalue weighted by Crippen LogP contribution is -2.28. The molecule has 4 heteroatoms. The Labute approximate surface area is 126 Å². The fourth-order valence-electron chi connectivity index (χ4n) is 2.38. The fourth-order valence-corrected chi connectivity index (χ4v) is 2.38. The van der Waals surface area contributed by atoms with Crippen LogP contribution in [-0.2, 0) is 7.05 Å². The first-order valence-electron chi connectivity index (χ1n) is 7.05. The second kappa shape index (κ2) is 6.48. The van der Waals surface area contributed by atoms with Gasteiger partial charge in [0.15, 0.2) is 0 Å². The SMILES string of the molecule is C=C(C)CN(c1cnn(C)c1)C(C)c1cccc(OC)c1. The van der Waals surface area contributed by atoms with E-state index in [4.69, 9.17) is 4.74 Å². The maximum Gasteiger partial charge on any atom is 0.119 e. The molecule has 1 unspecified atom stereocenters. The Balaban J connectivity index is 2.33. The van der Waals surface area contributed by atoms with Crippen LogP contribution in [0.5, 0.6) is 5.75 Å². The van der Waals surface area contributed by atoms with Gasteiger partial charge in [0.2, 0.25) is 0 Å². The number of hydrogen-bond acceptors (Lipinski definition) is 3. The van der Waals surface area contributed by atoms with Gasteiger partial charge in [-0.1, -0.05) is 24.3 Å². The van der Waals surface area contributed by atoms with Gasteiger partial charge in [-0.2, -0.15) is 5.10 Å². The van der Waals surface area contributed by atoms with E-state index in [1.807, 2.05) is 43.2 Å². The van der Waals surface area contributed by atoms with E-state index in [1.54, 1.807) is 7.11 Å². The normalized spacial score (nSPS) is 12.0. The Kier molecular flexibility index (Phi) is 4.68. The van der Waals surface area contributed by atoms with Crippen LogP contribution in [-0.4, -0.2) is 23.4 Å². The summed E-state index contributed by atoms with van der Waals surface area (Å²) in [5, 5.41) is 4.28. The van der Waals surface area contributed by atoms with Crippen molar-refractivity contribution in [2.24, 2.45) is 7.05 Å². The highest BCUT2D eigenvalue weighted by molar-refractivity contribution is 5.47. The van der Waals surface area contributed by atoms with Gasteiger partial charge in [0.1, 0.15) is 5.75 Å². The zero-order valence-electron chi connectivity index (χ0n) is 13.2. The minimum Gasteiger partial charge on any atom is -0.497 e. The lowest BCUT2D eigenvalue weighted by molar-refractivity contribution is 0.414. The van der Waals surface area contributed by atoms with Gasteiger partial charge in [0.05, 0.1) is 25.0 Å². The molecule has 1 aromatic carbocycles. The lowest BCUT2D eigenvalue weighted by Gasteiger charge is -2.30. The molecule has 0 aliphatic heterocycles. The van der Waals surface area contributed by atoms with Gasteiger partial charge in [0, 0.05) is 19.8 Å². The molecule has 112 valence electrons. The summed E-state index contributed by atoms with van der Waals surface area (Å²) in [5.74, 6) is 0.876. The predicted octanol–water partition coefficient (Wildman–Crippen LogP) is 3.57. The molecule has 0 amide bonds. The van der Waals surface area contributed by atoms with E-state index in [-0.39, 0.29) is 6.04 Å². The number of nitrogens with zero attached hydrogens (tertiary/aromatic N) is 3. The first kappa shape index (κ1) is 15.2. The molecular formula is C17H23N3O. The first-order chi connectivity index (χ1) is 10.0. The molecule has 1 aromatic heterocycles. The molecular weight excluding hydrogens is 262 g/mol. The van der Waals surface area contributed by atoms with Crippen molar-refractivity contribution in [3.8, 4) is 5.75 Å². The molecule has 0 radical (unpaired) electrons. The molecule has 2 rings (SSSR count). The van der Waals surface area contributed by atoms with Crippen LogP contribution in [0, 0.1) is 0 Å². The number of anilines is 1. The molecule has 0 N–H and O–H groups in total. The molecule has 1 heterocycles. The average molecular weight is 285 g/mol. The maximum absolute atomic E-state index is 5.32. The largest absolute Gasteiger partial charge is 0.497 e. The third-order valence-corrected chi connectivity index (χ3v) is 3.51. The summed E-state index contributed by atoms with van der Waals surface area (Å²) < 4.78 is 7.14. The molecule has 21 heavy (non-hydrogen) atoms. The van der Waals surface area contributed by atoms with E-state index in [0.717, 1.165) is 23.6 Å². The standard InChI is InChI=1S/C17H23N3O/c1-13(2)11-20(16-10-18-19(4)12-16)14(3)15-7-6-8-17(9-15)21-5/h6-10,12,14H,1,11H2,2-5H3. The maximum atomic E-state index is 5.32. The second-order valence-corrected chi connectivity index (χ2v) is 5.41. The van der Waals surface area contributed by atoms with E-state index >= 15 is 0 Å². The van der Waals surface area contributed by atoms with E-state index in [9.17, 15) is 0 Å². The van der Waals surface area contributed by atoms with Crippen molar-refractivity contribution in [1.82, 2.24) is 9.78 Å². The Morgan fingerprint density at radius 3 is 2.81 bits per heavy atom. The number of aromatic nitrogens is 2. The molecule has 0 saturated heterocycles. The number of rotatable bonds is 6. The van der Waals surface area contributed by atoms with Crippen LogP contribution in [0.1, 0.15) is 25.5 Å². The van der Waals surface area contributed by atoms with Crippen LogP contribution in [0.2, 0.25) is 0 Å². The van der Waals surface area contributed by atoms with Crippen LogP contribution < -0.4 is 9.64 Å². The summed E-state index contributed by atoms with van der Waals surface area (Å²) in [4.78, 5) is 2.30. The van der Waals surface area contributed by atoms with E-state index in [1.165, 1.54) is 5.56 Å². The van der Waals surface area contributed by atoms with Crippen LogP contribution >= 0.6 is 0 Å². The molecule has 0 aliphatic carbocycles. The third kappa shape index (κ3) is 3.66. The quantitative estimate of drug-likeness (QED) is 0.760. The molecule has 1 atom stereocenters. The van der Waals surface area contributed by atoms with Gasteiger partial charge in [-0.15, -0.1) is 0 Å². The van der Waals surface area contributed by atoms with Crippen LogP contribution in [0.4, 0.5) is 5.69 Å². The minimum absolute atomic E-state index is 0.209. The van der Waals surface area contributed by atoms with E-state index in [2.05, 4.69) is 35.6 Å². The average Bonchev–Trinajstić information content (AvgIpc) is 2.90. The number of hydrogen-bond donors (Lipinski definition) is 0. The summed E-state index contributed by atoms with van der Waals surface area (Å²) in [6.07, 6.45) is 3.92. The van der Waals surface area contributed by atoms with Gasteiger partial charge < -0.3 is 9.64 Å². The van der Waals surface area contributed by atoms with Crippen molar-refractivity contribution >= 4 is 5.69 Å². The van der Waals surface area contributed by atoms with Gasteiger partial charge in [0.25, 0.3) is 0 Å². The Hall–Kier alpha value is -2.23. The third-order valence-electron chi connectivity index (χ3n) is 3.51. The Morgan fingerprint density at radius 1 is 1.48 bits per heavy atom. The van der Waals surface area contributed by atoms with Crippen LogP contribution in [0.3, 0.4) is 0 Å². The van der Waals surface area contributed by atoms with Crippen molar-refractivity contribution in [1.29, 1.82) is 0 Å². The van der Waals surface area contributed by atoms with Crippen molar-refractivity contribution in [3.05, 3.63) is 54.4 Å². The van der Waals surface area contributed by atoms with Gasteiger partial charge in [-0.05, 0) is 31.5 Å². The summed E-state index contributed by atoms with van der Waals surface area (Å²) in [6.45, 7) is 9.07. The number of aryl methyl sites for hydroxylation is 1. The summed E-state index contributed by atoms with van der Waals surface area (Å²) >= 11 is 0. The molecule has 0 aliphatic rings. The van der Waals surface area contributed by atoms with E-state index in [0.29, 0.717) is 0 Å². The molecule has 0 spiro atoms. The summed E-state index contributed by atoms with van der Waals surface area (Å²) in [6, 6.07) is 8.39. The first-order valence-corrected chi connectivity index (χ1v) is 7.05. The highest BCUT2D eigenvalue weighted by Gasteiger charge is 2.18. The highest BCUT2D eigenvalue weighted by Crippen LogP contribution is 2.29. The summed E-state index contributed by atoms with van der Waals surface area (Å²) in [5.41, 5.74) is 3.42. The highest BCUT2D eigenvalue weighted by atomic mass is 16.5. The summed E-state index contributed by atoms with van der Waals surface area (Å²) in [7, 11) is 3.62. The minimum atomic E-state index is 0.209. The van der Waals surface area contributed by atoms with Gasteiger partial charge >= 0.3 is 0 Å². The zero-order chi connectivity index (χ0) is 15.4. The van der Waals surface area contributed by atoms with Crippen LogP contribution in [0.15, 0.2) is 48.8 Å². The number of methoxy groups -OCH3 is 1. The second-order valence-electron chi connectivity index (χ2n) is 5.41. The van der Waals surface area contributed by atoms with Crippen molar-refractivity contribution < 1.29 is 4.74 Å².